The molecule has 0 N–H and O–H groups in total. The molecule has 0 aliphatic carbocycles. The van der Waals surface area contributed by atoms with Gasteiger partial charge < -0.3 is 13.9 Å². The largest absolute Gasteiger partial charge is 0.417 e. The van der Waals surface area contributed by atoms with Crippen molar-refractivity contribution in [3.05, 3.63) is 0 Å². The van der Waals surface area contributed by atoms with E-state index in [1.807, 2.05) is 0 Å². The van der Waals surface area contributed by atoms with Crippen molar-refractivity contribution in [1.29, 1.82) is 0 Å². The topological polar surface area (TPSA) is 43.3 Å². The van der Waals surface area contributed by atoms with Crippen LogP contribution in [-0.2, 0) is 13.9 Å². The molecular formula is C18H36N2O3Si. The molecule has 5 nitrogen and oxygen atoms in total. The molecule has 0 aromatic carbocycles. The number of hydrogen-bond donors (Lipinski definition) is 0. The predicted octanol–water partition coefficient (Wildman–Crippen LogP) is 3.65. The third kappa shape index (κ3) is 5.03. The van der Waals surface area contributed by atoms with Crippen molar-refractivity contribution in [3.63, 3.8) is 0 Å². The summed E-state index contributed by atoms with van der Waals surface area (Å²) >= 11 is 0. The van der Waals surface area contributed by atoms with Gasteiger partial charge in [0.05, 0.1) is 25.0 Å². The van der Waals surface area contributed by atoms with Crippen LogP contribution in [0.2, 0.25) is 18.1 Å². The van der Waals surface area contributed by atoms with Crippen LogP contribution in [0.5, 0.6) is 0 Å². The van der Waals surface area contributed by atoms with Crippen molar-refractivity contribution >= 4 is 14.0 Å². The van der Waals surface area contributed by atoms with E-state index in [0.29, 0.717) is 12.6 Å². The summed E-state index contributed by atoms with van der Waals surface area (Å²) in [6, 6.07) is 0.436. The molecule has 2 rings (SSSR count). The summed E-state index contributed by atoms with van der Waals surface area (Å²) in [6.45, 7) is 14.8. The van der Waals surface area contributed by atoms with Crippen molar-refractivity contribution < 1.29 is 13.9 Å². The number of nitrogens with zero attached hydrogens (tertiary/aromatic N) is 2. The Balaban J connectivity index is 1.73. The maximum Gasteiger partial charge on any atom is 0.191 e. The highest BCUT2D eigenvalue weighted by molar-refractivity contribution is 6.74. The molecule has 6 heteroatoms. The fraction of sp³-hybridized carbons (Fsp3) is 0.944. The Morgan fingerprint density at radius 2 is 2.08 bits per heavy atom. The van der Waals surface area contributed by atoms with Gasteiger partial charge in [0.1, 0.15) is 6.10 Å². The van der Waals surface area contributed by atoms with Crippen LogP contribution in [-0.4, -0.2) is 64.7 Å². The molecule has 2 atom stereocenters. The van der Waals surface area contributed by atoms with E-state index in [1.165, 1.54) is 18.6 Å². The zero-order valence-electron chi connectivity index (χ0n) is 16.4. The van der Waals surface area contributed by atoms with Crippen LogP contribution >= 0.6 is 0 Å². The van der Waals surface area contributed by atoms with Gasteiger partial charge in [0.25, 0.3) is 0 Å². The lowest BCUT2D eigenvalue weighted by Gasteiger charge is -2.36. The van der Waals surface area contributed by atoms with E-state index >= 15 is 0 Å². The van der Waals surface area contributed by atoms with E-state index in [2.05, 4.69) is 38.9 Å². The second kappa shape index (κ2) is 8.30. The molecular weight excluding hydrogens is 320 g/mol. The number of hydrogen-bond acceptors (Lipinski definition) is 5. The first-order valence-corrected chi connectivity index (χ1v) is 12.2. The first kappa shape index (κ1) is 19.9. The Morgan fingerprint density at radius 3 is 2.67 bits per heavy atom. The molecule has 140 valence electrons. The Hall–Kier alpha value is -0.433. The van der Waals surface area contributed by atoms with Gasteiger partial charge in [-0.2, -0.15) is 5.10 Å². The maximum atomic E-state index is 6.25. The van der Waals surface area contributed by atoms with Gasteiger partial charge >= 0.3 is 0 Å². The van der Waals surface area contributed by atoms with Crippen LogP contribution in [0.1, 0.15) is 46.5 Å². The van der Waals surface area contributed by atoms with Gasteiger partial charge in [-0.1, -0.05) is 20.8 Å². The van der Waals surface area contributed by atoms with Crippen LogP contribution in [0.4, 0.5) is 0 Å². The molecule has 2 fully saturated rings. The maximum absolute atomic E-state index is 6.25. The van der Waals surface area contributed by atoms with E-state index in [4.69, 9.17) is 19.0 Å². The minimum absolute atomic E-state index is 0.191. The molecule has 0 radical (unpaired) electrons. The molecule has 0 unspecified atom stereocenters. The zero-order chi connectivity index (χ0) is 17.8. The number of methoxy groups -OCH3 is 1. The summed E-state index contributed by atoms with van der Waals surface area (Å²) in [5.41, 5.74) is 1.20. The third-order valence-corrected chi connectivity index (χ3v) is 10.2. The Morgan fingerprint density at radius 1 is 1.33 bits per heavy atom. The van der Waals surface area contributed by atoms with Gasteiger partial charge in [0, 0.05) is 20.3 Å². The number of rotatable bonds is 8. The van der Waals surface area contributed by atoms with Crippen LogP contribution in [0.3, 0.4) is 0 Å². The quantitative estimate of drug-likeness (QED) is 0.492. The van der Waals surface area contributed by atoms with Crippen LogP contribution in [0.15, 0.2) is 5.10 Å². The van der Waals surface area contributed by atoms with E-state index in [0.717, 1.165) is 32.6 Å². The zero-order valence-corrected chi connectivity index (χ0v) is 17.4. The summed E-state index contributed by atoms with van der Waals surface area (Å²) in [4.78, 5) is 0. The highest BCUT2D eigenvalue weighted by atomic mass is 28.4. The summed E-state index contributed by atoms with van der Waals surface area (Å²) < 4.78 is 17.3. The minimum atomic E-state index is -1.63. The molecule has 2 heterocycles. The summed E-state index contributed by atoms with van der Waals surface area (Å²) in [5.74, 6) is 0. The smallest absolute Gasteiger partial charge is 0.191 e. The Bertz CT molecular complexity index is 434. The molecule has 2 aliphatic heterocycles. The van der Waals surface area contributed by atoms with E-state index in [1.54, 1.807) is 7.11 Å². The highest BCUT2D eigenvalue weighted by Crippen LogP contribution is 2.36. The van der Waals surface area contributed by atoms with Gasteiger partial charge in [-0.05, 0) is 43.8 Å². The second-order valence-electron chi connectivity index (χ2n) is 8.56. The van der Waals surface area contributed by atoms with E-state index in [9.17, 15) is 0 Å². The van der Waals surface area contributed by atoms with E-state index < -0.39 is 8.32 Å². The summed E-state index contributed by atoms with van der Waals surface area (Å²) in [5, 5.41) is 7.33. The van der Waals surface area contributed by atoms with E-state index in [-0.39, 0.29) is 11.1 Å². The Kier molecular flexibility index (Phi) is 6.88. The standard InChI is InChI=1S/C18H36N2O3Si/c1-18(2,3)24(5,6)23-12-8-10-17-16(14-22-17)19-20-11-7-9-15(20)13-21-4/h15,17H,7-14H2,1-6H3/b19-16-/t15-,17-/m0/s1. The van der Waals surface area contributed by atoms with Crippen molar-refractivity contribution in [2.24, 2.45) is 5.10 Å². The van der Waals surface area contributed by atoms with Gasteiger partial charge in [0.2, 0.25) is 0 Å². The fourth-order valence-electron chi connectivity index (χ4n) is 2.91. The lowest BCUT2D eigenvalue weighted by Crippen LogP contribution is -2.44. The van der Waals surface area contributed by atoms with Crippen LogP contribution in [0.25, 0.3) is 0 Å². The lowest BCUT2D eigenvalue weighted by atomic mass is 10.1. The lowest BCUT2D eigenvalue weighted by molar-refractivity contribution is 0.0546. The van der Waals surface area contributed by atoms with Crippen molar-refractivity contribution in [3.8, 4) is 0 Å². The molecule has 0 amide bonds. The number of ether oxygens (including phenoxy) is 2. The first-order valence-electron chi connectivity index (χ1n) is 9.33. The van der Waals surface area contributed by atoms with Gasteiger partial charge in [-0.25, -0.2) is 0 Å². The molecule has 24 heavy (non-hydrogen) atoms. The monoisotopic (exact) mass is 356 g/mol. The average Bonchev–Trinajstić information content (AvgIpc) is 2.89. The van der Waals surface area contributed by atoms with Crippen molar-refractivity contribution in [2.45, 2.75) is 76.7 Å². The van der Waals surface area contributed by atoms with Crippen LogP contribution in [0, 0.1) is 0 Å². The SMILES string of the molecule is COC[C@@H]1CCCN1/N=C1/CO[C@H]1CCCO[Si](C)(C)C(C)(C)C. The first-order chi connectivity index (χ1) is 11.2. The molecule has 0 aromatic heterocycles. The molecule has 0 spiro atoms. The van der Waals surface area contributed by atoms with Crippen LogP contribution < -0.4 is 0 Å². The van der Waals surface area contributed by atoms with Gasteiger partial charge in [-0.15, -0.1) is 0 Å². The molecule has 0 aromatic rings. The Labute approximate surface area is 148 Å². The third-order valence-electron chi connectivity index (χ3n) is 5.65. The second-order valence-corrected chi connectivity index (χ2v) is 13.4. The predicted molar refractivity (Wildman–Crippen MR) is 101 cm³/mol. The average molecular weight is 357 g/mol. The summed E-state index contributed by atoms with van der Waals surface area (Å²) in [6.07, 6.45) is 4.62. The van der Waals surface area contributed by atoms with Crippen molar-refractivity contribution in [1.82, 2.24) is 5.01 Å². The van der Waals surface area contributed by atoms with Gasteiger partial charge in [-0.3, -0.25) is 5.01 Å². The summed E-state index contributed by atoms with van der Waals surface area (Å²) in [7, 11) is 0.138. The normalized spacial score (nSPS) is 26.9. The molecule has 0 bridgehead atoms. The fourth-order valence-corrected chi connectivity index (χ4v) is 4.00. The minimum Gasteiger partial charge on any atom is -0.417 e. The molecule has 0 saturated carbocycles. The molecule has 2 saturated heterocycles. The highest BCUT2D eigenvalue weighted by Gasteiger charge is 2.37. The van der Waals surface area contributed by atoms with Crippen molar-refractivity contribution in [2.75, 3.05) is 33.5 Å². The number of hydrazone groups is 1. The molecule has 2 aliphatic rings. The van der Waals surface area contributed by atoms with Gasteiger partial charge in [0.15, 0.2) is 8.32 Å².